The number of anilines is 2. The number of hydrogen-bond acceptors (Lipinski definition) is 9. The molecule has 1 aliphatic heterocycles. The molecule has 0 saturated carbocycles. The third kappa shape index (κ3) is 8.01. The first-order chi connectivity index (χ1) is 19.4. The lowest BCUT2D eigenvalue weighted by atomic mass is 10.1. The minimum Gasteiger partial charge on any atom is -0.443 e. The third-order valence-corrected chi connectivity index (χ3v) is 7.57. The number of benzene rings is 2. The van der Waals surface area contributed by atoms with Crippen LogP contribution in [0.3, 0.4) is 0 Å². The van der Waals surface area contributed by atoms with Crippen molar-refractivity contribution >= 4 is 58.0 Å². The van der Waals surface area contributed by atoms with E-state index in [9.17, 15) is 19.2 Å². The van der Waals surface area contributed by atoms with Crippen LogP contribution < -0.4 is 20.1 Å². The minimum atomic E-state index is -0.727. The molecule has 0 spiro atoms. The normalized spacial score (nSPS) is 14.8. The molecule has 214 valence electrons. The zero-order chi connectivity index (χ0) is 29.7. The quantitative estimate of drug-likeness (QED) is 0.321. The number of hydroxylamine groups is 1. The molecule has 1 aromatic heterocycles. The van der Waals surface area contributed by atoms with Crippen molar-refractivity contribution in [3.63, 3.8) is 0 Å². The van der Waals surface area contributed by atoms with Crippen LogP contribution in [0.5, 0.6) is 5.75 Å². The summed E-state index contributed by atoms with van der Waals surface area (Å²) in [6, 6.07) is 17.8. The van der Waals surface area contributed by atoms with E-state index in [0.29, 0.717) is 23.5 Å². The van der Waals surface area contributed by atoms with Gasteiger partial charge in [-0.2, -0.15) is 0 Å². The second-order valence-corrected chi connectivity index (χ2v) is 12.4. The molecule has 1 saturated heterocycles. The van der Waals surface area contributed by atoms with Crippen molar-refractivity contribution in [2.24, 2.45) is 0 Å². The van der Waals surface area contributed by atoms with Gasteiger partial charge in [0.05, 0.1) is 10.9 Å². The van der Waals surface area contributed by atoms with Gasteiger partial charge in [0.2, 0.25) is 5.91 Å². The highest BCUT2D eigenvalue weighted by Gasteiger charge is 2.31. The van der Waals surface area contributed by atoms with Gasteiger partial charge in [-0.25, -0.2) is 9.78 Å². The van der Waals surface area contributed by atoms with Crippen molar-refractivity contribution in [3.05, 3.63) is 72.4 Å². The SMILES string of the molecule is CC(=O)N(Oc1ccc(CC2SC(=O)NC2=O)cc1)c1ccc(Sc2ccccn2)cc1N(C)C(=O)OC(C)(C)C. The Hall–Kier alpha value is -4.03. The van der Waals surface area contributed by atoms with Crippen molar-refractivity contribution in [1.82, 2.24) is 10.3 Å². The maximum atomic E-state index is 13.0. The number of pyridine rings is 1. The van der Waals surface area contributed by atoms with Gasteiger partial charge >= 0.3 is 6.09 Å². The number of hydrogen-bond donors (Lipinski definition) is 1. The van der Waals surface area contributed by atoms with E-state index in [-0.39, 0.29) is 11.1 Å². The smallest absolute Gasteiger partial charge is 0.414 e. The average molecular weight is 595 g/mol. The molecule has 4 amide bonds. The van der Waals surface area contributed by atoms with Crippen LogP contribution >= 0.6 is 23.5 Å². The van der Waals surface area contributed by atoms with E-state index in [0.717, 1.165) is 32.3 Å². The fourth-order valence-corrected chi connectivity index (χ4v) is 5.45. The standard InChI is InChI=1S/C29H30N4O6S2/c1-18(34)33(39-20-11-9-19(10-12-20)16-24-26(35)31-27(36)41-24)22-14-13-21(40-25-8-6-7-15-30-25)17-23(22)32(5)28(37)38-29(2,3)4/h6-15,17,24H,16H2,1-5H3,(H,31,35,36). The number of carbonyl (C=O) groups excluding carboxylic acids is 4. The molecule has 12 heteroatoms. The maximum absolute atomic E-state index is 13.0. The number of thioether (sulfide) groups is 1. The number of nitrogens with zero attached hydrogens (tertiary/aromatic N) is 3. The fraction of sp³-hybridized carbons (Fsp3) is 0.276. The first kappa shape index (κ1) is 29.9. The summed E-state index contributed by atoms with van der Waals surface area (Å²) in [5.41, 5.74) is 0.823. The van der Waals surface area contributed by atoms with Gasteiger partial charge in [0, 0.05) is 25.1 Å². The Bertz CT molecular complexity index is 1440. The molecule has 1 fully saturated rings. The van der Waals surface area contributed by atoms with Gasteiger partial charge in [-0.3, -0.25) is 24.6 Å². The van der Waals surface area contributed by atoms with E-state index in [1.165, 1.54) is 23.6 Å². The van der Waals surface area contributed by atoms with Crippen molar-refractivity contribution in [3.8, 4) is 5.75 Å². The number of imide groups is 1. The van der Waals surface area contributed by atoms with Crippen LogP contribution in [0.15, 0.2) is 76.8 Å². The van der Waals surface area contributed by atoms with Gasteiger partial charge in [-0.1, -0.05) is 41.7 Å². The van der Waals surface area contributed by atoms with Crippen LogP contribution in [0.1, 0.15) is 33.3 Å². The van der Waals surface area contributed by atoms with Crippen LogP contribution in [0, 0.1) is 0 Å². The molecule has 1 N–H and O–H groups in total. The van der Waals surface area contributed by atoms with Crippen LogP contribution in [-0.4, -0.2) is 46.0 Å². The van der Waals surface area contributed by atoms with Crippen LogP contribution in [0.2, 0.25) is 0 Å². The zero-order valence-corrected chi connectivity index (χ0v) is 24.9. The zero-order valence-electron chi connectivity index (χ0n) is 23.2. The van der Waals surface area contributed by atoms with E-state index in [1.807, 2.05) is 24.3 Å². The second-order valence-electron chi connectivity index (χ2n) is 10.1. The van der Waals surface area contributed by atoms with Gasteiger partial charge in [-0.15, -0.1) is 5.06 Å². The Morgan fingerprint density at radius 3 is 2.37 bits per heavy atom. The molecule has 1 aliphatic rings. The fourth-order valence-electron chi connectivity index (χ4n) is 3.78. The Balaban J connectivity index is 1.62. The van der Waals surface area contributed by atoms with Gasteiger partial charge in [0.15, 0.2) is 5.75 Å². The van der Waals surface area contributed by atoms with Crippen molar-refractivity contribution in [2.75, 3.05) is 17.0 Å². The number of carbonyl (C=O) groups is 4. The summed E-state index contributed by atoms with van der Waals surface area (Å²) in [5, 5.41) is 3.32. The average Bonchev–Trinajstić information content (AvgIpc) is 3.23. The molecule has 3 aromatic rings. The third-order valence-electron chi connectivity index (χ3n) is 5.65. The molecule has 0 radical (unpaired) electrons. The molecule has 10 nitrogen and oxygen atoms in total. The molecule has 1 atom stereocenters. The number of ether oxygens (including phenoxy) is 1. The lowest BCUT2D eigenvalue weighted by Crippen LogP contribution is -2.37. The van der Waals surface area contributed by atoms with Gasteiger partial charge in [0.1, 0.15) is 16.3 Å². The van der Waals surface area contributed by atoms with Crippen LogP contribution in [0.4, 0.5) is 21.0 Å². The van der Waals surface area contributed by atoms with Gasteiger partial charge in [0.25, 0.3) is 11.1 Å². The van der Waals surface area contributed by atoms with Crippen molar-refractivity contribution < 1.29 is 28.8 Å². The predicted octanol–water partition coefficient (Wildman–Crippen LogP) is 5.85. The van der Waals surface area contributed by atoms with E-state index >= 15 is 0 Å². The summed E-state index contributed by atoms with van der Waals surface area (Å²) in [6.45, 7) is 6.68. The van der Waals surface area contributed by atoms with Gasteiger partial charge in [-0.05, 0) is 75.2 Å². The second kappa shape index (κ2) is 12.6. The van der Waals surface area contributed by atoms with E-state index in [4.69, 9.17) is 9.57 Å². The van der Waals surface area contributed by atoms with E-state index in [2.05, 4.69) is 10.3 Å². The highest BCUT2D eigenvalue weighted by Crippen LogP contribution is 2.37. The summed E-state index contributed by atoms with van der Waals surface area (Å²) >= 11 is 2.37. The number of nitrogens with one attached hydrogen (secondary N) is 1. The summed E-state index contributed by atoms with van der Waals surface area (Å²) in [4.78, 5) is 61.7. The van der Waals surface area contributed by atoms with Crippen LogP contribution in [0.25, 0.3) is 0 Å². The predicted molar refractivity (Wildman–Crippen MR) is 158 cm³/mol. The molecule has 41 heavy (non-hydrogen) atoms. The lowest BCUT2D eigenvalue weighted by Gasteiger charge is -2.29. The molecule has 2 heterocycles. The first-order valence-corrected chi connectivity index (χ1v) is 14.4. The maximum Gasteiger partial charge on any atom is 0.414 e. The first-order valence-electron chi connectivity index (χ1n) is 12.7. The summed E-state index contributed by atoms with van der Waals surface area (Å²) in [7, 11) is 1.57. The number of rotatable bonds is 8. The largest absolute Gasteiger partial charge is 0.443 e. The van der Waals surface area contributed by atoms with Crippen molar-refractivity contribution in [1.29, 1.82) is 0 Å². The number of amides is 4. The van der Waals surface area contributed by atoms with Crippen LogP contribution in [-0.2, 0) is 20.7 Å². The van der Waals surface area contributed by atoms with E-state index < -0.39 is 22.9 Å². The molecule has 0 bridgehead atoms. The molecular weight excluding hydrogens is 564 g/mol. The Labute approximate surface area is 246 Å². The summed E-state index contributed by atoms with van der Waals surface area (Å²) in [5.74, 6) is -0.369. The van der Waals surface area contributed by atoms with Crippen molar-refractivity contribution in [2.45, 2.75) is 54.9 Å². The Morgan fingerprint density at radius 1 is 1.05 bits per heavy atom. The Kier molecular flexibility index (Phi) is 9.24. The Morgan fingerprint density at radius 2 is 1.78 bits per heavy atom. The molecule has 2 aromatic carbocycles. The molecule has 0 aliphatic carbocycles. The highest BCUT2D eigenvalue weighted by molar-refractivity contribution is 8.15. The molecule has 4 rings (SSSR count). The topological polar surface area (TPSA) is 118 Å². The summed E-state index contributed by atoms with van der Waals surface area (Å²) in [6.07, 6.45) is 1.47. The minimum absolute atomic E-state index is 0.311. The molecular formula is C29H30N4O6S2. The lowest BCUT2D eigenvalue weighted by molar-refractivity contribution is -0.120. The van der Waals surface area contributed by atoms with Gasteiger partial charge < -0.3 is 9.57 Å². The molecule has 1 unspecified atom stereocenters. The summed E-state index contributed by atoms with van der Waals surface area (Å²) < 4.78 is 5.58. The van der Waals surface area contributed by atoms with E-state index in [1.54, 1.807) is 70.4 Å². The number of aromatic nitrogens is 1. The highest BCUT2D eigenvalue weighted by atomic mass is 32.2. The monoisotopic (exact) mass is 594 g/mol.